The lowest BCUT2D eigenvalue weighted by molar-refractivity contribution is -0.175. The number of aliphatic hydroxyl groups is 2. The van der Waals surface area contributed by atoms with E-state index in [2.05, 4.69) is 26.0 Å². The maximum absolute atomic E-state index is 14.3. The Hall–Kier alpha value is -2.25. The number of Topliss-reactive ketones (excluding diaryl/α,β-unsaturated/α-hetero) is 1. The summed E-state index contributed by atoms with van der Waals surface area (Å²) in [6.07, 6.45) is 9.69. The molecule has 3 fully saturated rings. The first-order valence-electron chi connectivity index (χ1n) is 17.6. The molecule has 7 heteroatoms. The predicted molar refractivity (Wildman–Crippen MR) is 172 cm³/mol. The van der Waals surface area contributed by atoms with Gasteiger partial charge in [-0.1, -0.05) is 77.3 Å². The van der Waals surface area contributed by atoms with E-state index in [0.717, 1.165) is 57.8 Å². The Morgan fingerprint density at radius 3 is 2.30 bits per heavy atom. The van der Waals surface area contributed by atoms with Crippen molar-refractivity contribution in [2.45, 2.75) is 141 Å². The van der Waals surface area contributed by atoms with E-state index < -0.39 is 41.3 Å². The van der Waals surface area contributed by atoms with Crippen LogP contribution in [-0.4, -0.2) is 63.2 Å². The number of piperidine rings is 1. The number of aliphatic hydroxyl groups excluding tert-OH is 1. The standard InChI is InChI=1S/C37H57NO6/c1-5-29(23-28-16-10-8-11-17-28)32-19-12-7-6-9-15-25(2)33(39)27(4)30-21-20-26(3)34(40)37(43,24-30)36(42)38-22-14-13-18-31(38)35(41)44-32/h8,10-11,16-17,25-27,29-33,39,43H,5-7,9,12-15,18-24H2,1-4H3/t25-,26-,27+,29-,30-,31+,32+,33+,37?/m1/s1. The number of nitrogens with zero attached hydrogens (tertiary/aromatic N) is 1. The predicted octanol–water partition coefficient (Wildman–Crippen LogP) is 6.27. The Labute approximate surface area is 265 Å². The van der Waals surface area contributed by atoms with E-state index in [-0.39, 0.29) is 36.2 Å². The molecule has 2 saturated heterocycles. The third-order valence-electron chi connectivity index (χ3n) is 11.2. The number of cyclic esters (lactones) is 1. The van der Waals surface area contributed by atoms with Crippen molar-refractivity contribution in [2.24, 2.45) is 29.6 Å². The van der Waals surface area contributed by atoms with Crippen molar-refractivity contribution in [3.63, 3.8) is 0 Å². The molecule has 2 heterocycles. The first kappa shape index (κ1) is 34.6. The van der Waals surface area contributed by atoms with Crippen LogP contribution in [0.25, 0.3) is 0 Å². The Morgan fingerprint density at radius 1 is 0.909 bits per heavy atom. The maximum Gasteiger partial charge on any atom is 0.329 e. The molecular formula is C37H57NO6. The van der Waals surface area contributed by atoms with E-state index in [1.807, 2.05) is 25.1 Å². The van der Waals surface area contributed by atoms with Crippen molar-refractivity contribution in [3.05, 3.63) is 35.9 Å². The SMILES string of the molecule is CC[C@H](Cc1ccccc1)[C@@H]1CCCCCC[C@@H](C)[C@H](O)[C@@H](C)[C@@H]2CC[C@@H](C)C(=O)C(O)(C2)C(=O)N2CCCC[C@H]2C(=O)O1. The second kappa shape index (κ2) is 15.8. The maximum atomic E-state index is 14.3. The van der Waals surface area contributed by atoms with Crippen LogP contribution in [0.15, 0.2) is 30.3 Å². The fourth-order valence-electron chi connectivity index (χ4n) is 8.09. The van der Waals surface area contributed by atoms with Gasteiger partial charge in [0.25, 0.3) is 5.91 Å². The first-order valence-corrected chi connectivity index (χ1v) is 17.6. The molecule has 3 aliphatic rings. The summed E-state index contributed by atoms with van der Waals surface area (Å²) < 4.78 is 6.36. The van der Waals surface area contributed by atoms with Gasteiger partial charge in [-0.2, -0.15) is 0 Å². The molecule has 44 heavy (non-hydrogen) atoms. The lowest BCUT2D eigenvalue weighted by Gasteiger charge is -2.41. The fourth-order valence-corrected chi connectivity index (χ4v) is 8.09. The summed E-state index contributed by atoms with van der Waals surface area (Å²) >= 11 is 0. The number of carbonyl (C=O) groups excluding carboxylic acids is 3. The smallest absolute Gasteiger partial charge is 0.329 e. The minimum absolute atomic E-state index is 0.0180. The van der Waals surface area contributed by atoms with E-state index in [9.17, 15) is 24.6 Å². The van der Waals surface area contributed by atoms with Gasteiger partial charge in [0.2, 0.25) is 5.60 Å². The Bertz CT molecular complexity index is 1090. The zero-order valence-corrected chi connectivity index (χ0v) is 27.6. The monoisotopic (exact) mass is 611 g/mol. The van der Waals surface area contributed by atoms with Crippen LogP contribution in [0.2, 0.25) is 0 Å². The molecule has 7 nitrogen and oxygen atoms in total. The summed E-state index contributed by atoms with van der Waals surface area (Å²) in [5.74, 6) is -2.14. The van der Waals surface area contributed by atoms with Crippen molar-refractivity contribution in [3.8, 4) is 0 Å². The third kappa shape index (κ3) is 8.12. The van der Waals surface area contributed by atoms with Crippen LogP contribution in [-0.2, 0) is 25.5 Å². The highest BCUT2D eigenvalue weighted by Gasteiger charge is 2.53. The van der Waals surface area contributed by atoms with Crippen molar-refractivity contribution >= 4 is 17.7 Å². The molecule has 1 aliphatic carbocycles. The van der Waals surface area contributed by atoms with E-state index in [4.69, 9.17) is 4.74 Å². The largest absolute Gasteiger partial charge is 0.461 e. The Morgan fingerprint density at radius 2 is 1.59 bits per heavy atom. The van der Waals surface area contributed by atoms with Crippen LogP contribution in [0, 0.1) is 29.6 Å². The van der Waals surface area contributed by atoms with E-state index in [0.29, 0.717) is 32.2 Å². The van der Waals surface area contributed by atoms with Gasteiger partial charge in [0.1, 0.15) is 12.1 Å². The fraction of sp³-hybridized carbons (Fsp3) is 0.757. The molecule has 1 aromatic carbocycles. The number of hydrogen-bond acceptors (Lipinski definition) is 6. The second-order valence-electron chi connectivity index (χ2n) is 14.3. The number of ketones is 1. The number of carbonyl (C=O) groups is 3. The number of rotatable bonds is 4. The number of fused-ring (bicyclic) bond motifs is 3. The van der Waals surface area contributed by atoms with Gasteiger partial charge in [0.05, 0.1) is 6.10 Å². The van der Waals surface area contributed by atoms with Gasteiger partial charge in [0.15, 0.2) is 5.78 Å². The lowest BCUT2D eigenvalue weighted by atomic mass is 9.75. The van der Waals surface area contributed by atoms with Crippen molar-refractivity contribution < 1.29 is 29.3 Å². The molecule has 0 aromatic heterocycles. The summed E-state index contributed by atoms with van der Waals surface area (Å²) in [5.41, 5.74) is -0.999. The van der Waals surface area contributed by atoms with Crippen LogP contribution in [0.3, 0.4) is 0 Å². The molecule has 1 unspecified atom stereocenters. The third-order valence-corrected chi connectivity index (χ3v) is 11.2. The van der Waals surface area contributed by atoms with Crippen LogP contribution in [0.4, 0.5) is 0 Å². The average Bonchev–Trinajstić information content (AvgIpc) is 3.15. The Kier molecular flexibility index (Phi) is 12.5. The second-order valence-corrected chi connectivity index (χ2v) is 14.3. The van der Waals surface area contributed by atoms with Crippen molar-refractivity contribution in [1.29, 1.82) is 0 Å². The lowest BCUT2D eigenvalue weighted by Crippen LogP contribution is -2.61. The zero-order valence-electron chi connectivity index (χ0n) is 27.6. The first-order chi connectivity index (χ1) is 21.1. The highest BCUT2D eigenvalue weighted by Crippen LogP contribution is 2.40. The number of benzene rings is 1. The molecule has 9 atom stereocenters. The molecule has 2 bridgehead atoms. The number of amides is 1. The molecule has 1 amide bonds. The Balaban J connectivity index is 1.66. The van der Waals surface area contributed by atoms with Gasteiger partial charge >= 0.3 is 5.97 Å². The zero-order chi connectivity index (χ0) is 31.9. The van der Waals surface area contributed by atoms with Gasteiger partial charge in [-0.05, 0) is 99.9 Å². The molecule has 1 aromatic rings. The van der Waals surface area contributed by atoms with Crippen LogP contribution in [0.1, 0.15) is 117 Å². The van der Waals surface area contributed by atoms with Gasteiger partial charge in [-0.25, -0.2) is 4.79 Å². The van der Waals surface area contributed by atoms with Crippen LogP contribution < -0.4 is 0 Å². The minimum atomic E-state index is -2.21. The molecular weight excluding hydrogens is 554 g/mol. The van der Waals surface area contributed by atoms with E-state index in [1.54, 1.807) is 6.92 Å². The molecule has 246 valence electrons. The van der Waals surface area contributed by atoms with Gasteiger partial charge in [0, 0.05) is 12.5 Å². The highest BCUT2D eigenvalue weighted by molar-refractivity contribution is 6.10. The number of ether oxygens (including phenoxy) is 1. The number of esters is 1. The van der Waals surface area contributed by atoms with Gasteiger partial charge in [-0.15, -0.1) is 0 Å². The molecule has 1 saturated carbocycles. The molecule has 0 radical (unpaired) electrons. The number of hydrogen-bond donors (Lipinski definition) is 2. The summed E-state index contributed by atoms with van der Waals surface area (Å²) in [6, 6.07) is 9.49. The minimum Gasteiger partial charge on any atom is -0.461 e. The summed E-state index contributed by atoms with van der Waals surface area (Å²) in [4.78, 5) is 43.4. The quantitative estimate of drug-likeness (QED) is 0.307. The molecule has 2 aliphatic heterocycles. The van der Waals surface area contributed by atoms with Crippen molar-refractivity contribution in [2.75, 3.05) is 6.54 Å². The van der Waals surface area contributed by atoms with Crippen LogP contribution in [0.5, 0.6) is 0 Å². The molecule has 4 rings (SSSR count). The van der Waals surface area contributed by atoms with Gasteiger partial charge in [-0.3, -0.25) is 9.59 Å². The van der Waals surface area contributed by atoms with Gasteiger partial charge < -0.3 is 19.8 Å². The highest BCUT2D eigenvalue weighted by atomic mass is 16.5. The van der Waals surface area contributed by atoms with Crippen molar-refractivity contribution in [1.82, 2.24) is 4.90 Å². The van der Waals surface area contributed by atoms with E-state index in [1.165, 1.54) is 10.5 Å². The molecule has 0 spiro atoms. The van der Waals surface area contributed by atoms with E-state index >= 15 is 0 Å². The summed E-state index contributed by atoms with van der Waals surface area (Å²) in [6.45, 7) is 8.32. The summed E-state index contributed by atoms with van der Waals surface area (Å²) in [7, 11) is 0. The topological polar surface area (TPSA) is 104 Å². The average molecular weight is 612 g/mol. The van der Waals surface area contributed by atoms with Crippen LogP contribution >= 0.6 is 0 Å². The molecule has 2 N–H and O–H groups in total. The summed E-state index contributed by atoms with van der Waals surface area (Å²) in [5, 5.41) is 23.4. The normalized spacial score (nSPS) is 35.9.